The summed E-state index contributed by atoms with van der Waals surface area (Å²) in [5, 5.41) is 1.43. The Morgan fingerprint density at radius 3 is 2.64 bits per heavy atom. The van der Waals surface area contributed by atoms with Crippen LogP contribution >= 0.6 is 11.6 Å². The van der Waals surface area contributed by atoms with Crippen LogP contribution in [0.15, 0.2) is 48.5 Å². The highest BCUT2D eigenvalue weighted by Gasteiger charge is 2.27. The Bertz CT molecular complexity index is 1000. The Kier molecular flexibility index (Phi) is 5.46. The first-order chi connectivity index (χ1) is 13.7. The normalized spacial score (nSPS) is 14.3. The summed E-state index contributed by atoms with van der Waals surface area (Å²) in [6.45, 7) is 4.65. The molecule has 1 aliphatic rings. The summed E-state index contributed by atoms with van der Waals surface area (Å²) in [5.74, 6) is 0.257. The lowest BCUT2D eigenvalue weighted by Gasteiger charge is -2.30. The number of benzene rings is 2. The molecule has 0 unspecified atom stereocenters. The van der Waals surface area contributed by atoms with Gasteiger partial charge >= 0.3 is 5.97 Å². The van der Waals surface area contributed by atoms with E-state index >= 15 is 0 Å². The van der Waals surface area contributed by atoms with Crippen molar-refractivity contribution in [2.75, 3.05) is 37.8 Å². The molecule has 0 saturated carbocycles. The van der Waals surface area contributed by atoms with Crippen molar-refractivity contribution >= 4 is 34.3 Å². The lowest BCUT2D eigenvalue weighted by molar-refractivity contribution is 0.0527. The van der Waals surface area contributed by atoms with E-state index in [0.717, 1.165) is 22.0 Å². The molecule has 2 aromatic carbocycles. The zero-order chi connectivity index (χ0) is 19.5. The number of morpholine rings is 1. The molecule has 0 atom stereocenters. The molecule has 3 aromatic rings. The van der Waals surface area contributed by atoms with Crippen LogP contribution in [0.5, 0.6) is 0 Å². The van der Waals surface area contributed by atoms with Gasteiger partial charge in [0.25, 0.3) is 0 Å². The number of pyridine rings is 1. The van der Waals surface area contributed by atoms with Crippen molar-refractivity contribution in [1.82, 2.24) is 4.98 Å². The molecule has 0 aliphatic carbocycles. The van der Waals surface area contributed by atoms with Gasteiger partial charge in [-0.15, -0.1) is 0 Å². The second-order valence-electron chi connectivity index (χ2n) is 6.53. The molecule has 144 valence electrons. The molecule has 0 bridgehead atoms. The van der Waals surface area contributed by atoms with Crippen molar-refractivity contribution in [1.29, 1.82) is 0 Å². The average molecular weight is 397 g/mol. The summed E-state index contributed by atoms with van der Waals surface area (Å²) in [7, 11) is 0. The molecular formula is C22H21ClN2O3. The smallest absolute Gasteiger partial charge is 0.342 e. The number of rotatable bonds is 4. The first-order valence-corrected chi connectivity index (χ1v) is 9.75. The highest BCUT2D eigenvalue weighted by atomic mass is 35.5. The van der Waals surface area contributed by atoms with E-state index in [1.54, 1.807) is 6.92 Å². The summed E-state index contributed by atoms with van der Waals surface area (Å²) >= 11 is 6.29. The van der Waals surface area contributed by atoms with Crippen LogP contribution in [0.1, 0.15) is 17.3 Å². The Morgan fingerprint density at radius 2 is 1.93 bits per heavy atom. The first-order valence-electron chi connectivity index (χ1n) is 9.37. The minimum Gasteiger partial charge on any atom is -0.462 e. The number of nitrogens with zero attached hydrogens (tertiary/aromatic N) is 2. The third-order valence-corrected chi connectivity index (χ3v) is 5.02. The summed E-state index contributed by atoms with van der Waals surface area (Å²) < 4.78 is 10.9. The molecule has 1 aliphatic heterocycles. The maximum Gasteiger partial charge on any atom is 0.342 e. The Labute approximate surface area is 168 Å². The number of anilines is 1. The van der Waals surface area contributed by atoms with Gasteiger partial charge in [-0.25, -0.2) is 9.78 Å². The predicted molar refractivity (Wildman–Crippen MR) is 111 cm³/mol. The molecule has 2 heterocycles. The predicted octanol–water partition coefficient (Wildman–Crippen LogP) is 4.57. The van der Waals surface area contributed by atoms with Gasteiger partial charge in [0.05, 0.1) is 25.3 Å². The highest BCUT2D eigenvalue weighted by Crippen LogP contribution is 2.38. The fraction of sp³-hybridized carbons (Fsp3) is 0.273. The van der Waals surface area contributed by atoms with Gasteiger partial charge in [-0.3, -0.25) is 0 Å². The molecule has 5 nitrogen and oxygen atoms in total. The van der Waals surface area contributed by atoms with Crippen molar-refractivity contribution in [2.24, 2.45) is 0 Å². The molecule has 1 saturated heterocycles. The van der Waals surface area contributed by atoms with Crippen LogP contribution in [0.2, 0.25) is 5.02 Å². The first kappa shape index (κ1) is 18.7. The number of fused-ring (bicyclic) bond motifs is 1. The summed E-state index contributed by atoms with van der Waals surface area (Å²) in [6.07, 6.45) is 0. The SMILES string of the molecule is CCOC(=O)c1c(N2CCOCC2)nc2ccc(Cl)cc2c1-c1ccccc1. The zero-order valence-corrected chi connectivity index (χ0v) is 16.4. The van der Waals surface area contributed by atoms with E-state index in [-0.39, 0.29) is 5.97 Å². The fourth-order valence-electron chi connectivity index (χ4n) is 3.53. The van der Waals surface area contributed by atoms with E-state index in [0.29, 0.717) is 49.3 Å². The van der Waals surface area contributed by atoms with Crippen molar-refractivity contribution in [3.8, 4) is 11.1 Å². The summed E-state index contributed by atoms with van der Waals surface area (Å²) in [5.41, 5.74) is 2.99. The number of hydrogen-bond acceptors (Lipinski definition) is 5. The lowest BCUT2D eigenvalue weighted by Crippen LogP contribution is -2.38. The van der Waals surface area contributed by atoms with Crippen LogP contribution in [0, 0.1) is 0 Å². The molecule has 4 rings (SSSR count). The van der Waals surface area contributed by atoms with E-state index in [2.05, 4.69) is 4.90 Å². The molecule has 0 spiro atoms. The van der Waals surface area contributed by atoms with Gasteiger partial charge in [-0.1, -0.05) is 41.9 Å². The number of halogens is 1. The van der Waals surface area contributed by atoms with Crippen molar-refractivity contribution in [3.63, 3.8) is 0 Å². The van der Waals surface area contributed by atoms with E-state index in [4.69, 9.17) is 26.1 Å². The van der Waals surface area contributed by atoms with Gasteiger partial charge < -0.3 is 14.4 Å². The zero-order valence-electron chi connectivity index (χ0n) is 15.7. The molecule has 1 fully saturated rings. The van der Waals surface area contributed by atoms with Crippen LogP contribution in [-0.4, -0.2) is 43.9 Å². The Morgan fingerprint density at radius 1 is 1.18 bits per heavy atom. The van der Waals surface area contributed by atoms with E-state index < -0.39 is 0 Å². The van der Waals surface area contributed by atoms with Crippen LogP contribution in [0.4, 0.5) is 5.82 Å². The number of ether oxygens (including phenoxy) is 2. The highest BCUT2D eigenvalue weighted by molar-refractivity contribution is 6.31. The third kappa shape index (κ3) is 3.55. The standard InChI is InChI=1S/C22H21ClN2O3/c1-2-28-22(26)20-19(15-6-4-3-5-7-15)17-14-16(23)8-9-18(17)24-21(20)25-10-12-27-13-11-25/h3-9,14H,2,10-13H2,1H3. The average Bonchev–Trinajstić information content (AvgIpc) is 2.74. The van der Waals surface area contributed by atoms with Gasteiger partial charge in [-0.05, 0) is 30.7 Å². The molecule has 6 heteroatoms. The maximum atomic E-state index is 13.1. The topological polar surface area (TPSA) is 51.7 Å². The summed E-state index contributed by atoms with van der Waals surface area (Å²) in [6, 6.07) is 15.4. The maximum absolute atomic E-state index is 13.1. The molecule has 0 radical (unpaired) electrons. The second kappa shape index (κ2) is 8.17. The van der Waals surface area contributed by atoms with Gasteiger partial charge in [-0.2, -0.15) is 0 Å². The van der Waals surface area contributed by atoms with Crippen molar-refractivity contribution in [2.45, 2.75) is 6.92 Å². The molecule has 1 aromatic heterocycles. The largest absolute Gasteiger partial charge is 0.462 e. The Balaban J connectivity index is 2.06. The monoisotopic (exact) mass is 396 g/mol. The minimum absolute atomic E-state index is 0.295. The molecular weight excluding hydrogens is 376 g/mol. The van der Waals surface area contributed by atoms with Crippen LogP contribution in [0.3, 0.4) is 0 Å². The van der Waals surface area contributed by atoms with E-state index in [9.17, 15) is 4.79 Å². The van der Waals surface area contributed by atoms with Crippen LogP contribution < -0.4 is 4.90 Å². The van der Waals surface area contributed by atoms with Crippen LogP contribution in [-0.2, 0) is 9.47 Å². The van der Waals surface area contributed by atoms with E-state index in [1.165, 1.54) is 0 Å². The number of esters is 1. The number of carbonyl (C=O) groups is 1. The number of hydrogen-bond donors (Lipinski definition) is 0. The fourth-order valence-corrected chi connectivity index (χ4v) is 3.70. The van der Waals surface area contributed by atoms with Gasteiger partial charge in [0, 0.05) is 29.1 Å². The molecule has 0 amide bonds. The van der Waals surface area contributed by atoms with E-state index in [1.807, 2.05) is 48.5 Å². The quantitative estimate of drug-likeness (QED) is 0.605. The third-order valence-electron chi connectivity index (χ3n) is 4.78. The van der Waals surface area contributed by atoms with Gasteiger partial charge in [0.15, 0.2) is 0 Å². The van der Waals surface area contributed by atoms with Crippen LogP contribution in [0.25, 0.3) is 22.0 Å². The Hall–Kier alpha value is -2.63. The van der Waals surface area contributed by atoms with Crippen molar-refractivity contribution in [3.05, 3.63) is 59.1 Å². The van der Waals surface area contributed by atoms with Crippen molar-refractivity contribution < 1.29 is 14.3 Å². The van der Waals surface area contributed by atoms with Gasteiger partial charge in [0.1, 0.15) is 11.4 Å². The lowest BCUT2D eigenvalue weighted by atomic mass is 9.95. The molecule has 0 N–H and O–H groups in total. The van der Waals surface area contributed by atoms with Gasteiger partial charge in [0.2, 0.25) is 0 Å². The minimum atomic E-state index is -0.378. The molecule has 28 heavy (non-hydrogen) atoms. The number of carbonyl (C=O) groups excluding carboxylic acids is 1. The number of aromatic nitrogens is 1. The second-order valence-corrected chi connectivity index (χ2v) is 6.97. The summed E-state index contributed by atoms with van der Waals surface area (Å²) in [4.78, 5) is 20.0.